The molecule has 122 valence electrons. The van der Waals surface area contributed by atoms with Crippen LogP contribution in [0.3, 0.4) is 0 Å². The van der Waals surface area contributed by atoms with Crippen LogP contribution in [0.4, 0.5) is 0 Å². The van der Waals surface area contributed by atoms with Gasteiger partial charge in [0.2, 0.25) is 10.0 Å². The Kier molecular flexibility index (Phi) is 4.78. The van der Waals surface area contributed by atoms with Crippen LogP contribution in [0.2, 0.25) is 5.02 Å². The Labute approximate surface area is 137 Å². The molecule has 0 bridgehead atoms. The lowest BCUT2D eigenvalue weighted by atomic mass is 10.0. The Hall–Kier alpha value is -0.620. The summed E-state index contributed by atoms with van der Waals surface area (Å²) in [5, 5.41) is 0.664. The highest BCUT2D eigenvalue weighted by Crippen LogP contribution is 2.47. The first-order valence-electron chi connectivity index (χ1n) is 7.78. The van der Waals surface area contributed by atoms with Gasteiger partial charge in [0.1, 0.15) is 0 Å². The molecule has 22 heavy (non-hydrogen) atoms. The van der Waals surface area contributed by atoms with Gasteiger partial charge in [0, 0.05) is 17.7 Å². The molecular weight excluding hydrogens is 322 g/mol. The second-order valence-electron chi connectivity index (χ2n) is 6.53. The van der Waals surface area contributed by atoms with E-state index in [2.05, 4.69) is 11.6 Å². The molecule has 1 saturated heterocycles. The largest absolute Gasteiger partial charge is 0.381 e. The number of nitrogens with one attached hydrogen (secondary N) is 1. The van der Waals surface area contributed by atoms with Crippen molar-refractivity contribution in [2.45, 2.75) is 25.8 Å². The van der Waals surface area contributed by atoms with Gasteiger partial charge in [-0.2, -0.15) is 0 Å². The van der Waals surface area contributed by atoms with Crippen molar-refractivity contribution < 1.29 is 13.2 Å². The standard InChI is InChI=1S/C16H22ClNO3S/c1-11-8-15(11)16(13-2-4-14(17)5-3-13)18-22(19,20)10-12-6-7-21-9-12/h2-5,11-12,15-16,18H,6-10H2,1H3/t11-,12-,15+,16+/m1/s1. The molecule has 1 aliphatic carbocycles. The quantitative estimate of drug-likeness (QED) is 0.863. The first kappa shape index (κ1) is 16.2. The van der Waals surface area contributed by atoms with Crippen molar-refractivity contribution in [1.29, 1.82) is 0 Å². The highest BCUT2D eigenvalue weighted by molar-refractivity contribution is 7.89. The van der Waals surface area contributed by atoms with Crippen LogP contribution >= 0.6 is 11.6 Å². The summed E-state index contributed by atoms with van der Waals surface area (Å²) in [5.41, 5.74) is 0.991. The number of hydrogen-bond acceptors (Lipinski definition) is 3. The molecule has 0 aromatic heterocycles. The second-order valence-corrected chi connectivity index (χ2v) is 8.77. The highest BCUT2D eigenvalue weighted by Gasteiger charge is 2.42. The van der Waals surface area contributed by atoms with Gasteiger partial charge in [-0.1, -0.05) is 30.7 Å². The minimum absolute atomic E-state index is 0.111. The first-order chi connectivity index (χ1) is 10.4. The van der Waals surface area contributed by atoms with Gasteiger partial charge >= 0.3 is 0 Å². The average molecular weight is 344 g/mol. The Balaban J connectivity index is 1.73. The molecular formula is C16H22ClNO3S. The third kappa shape index (κ3) is 4.02. The molecule has 2 fully saturated rings. The van der Waals surface area contributed by atoms with Crippen molar-refractivity contribution in [3.63, 3.8) is 0 Å². The molecule has 1 aromatic rings. The van der Waals surface area contributed by atoms with Crippen LogP contribution in [-0.2, 0) is 14.8 Å². The minimum atomic E-state index is -3.31. The van der Waals surface area contributed by atoms with Crippen molar-refractivity contribution >= 4 is 21.6 Å². The van der Waals surface area contributed by atoms with Crippen LogP contribution in [0.1, 0.15) is 31.4 Å². The summed E-state index contributed by atoms with van der Waals surface area (Å²) in [6.45, 7) is 3.37. The lowest BCUT2D eigenvalue weighted by molar-refractivity contribution is 0.188. The van der Waals surface area contributed by atoms with Crippen molar-refractivity contribution in [3.8, 4) is 0 Å². The Morgan fingerprint density at radius 1 is 1.36 bits per heavy atom. The number of benzene rings is 1. The molecule has 0 unspecified atom stereocenters. The first-order valence-corrected chi connectivity index (χ1v) is 9.81. The summed E-state index contributed by atoms with van der Waals surface area (Å²) >= 11 is 5.93. The average Bonchev–Trinajstić information content (AvgIpc) is 2.95. The summed E-state index contributed by atoms with van der Waals surface area (Å²) in [7, 11) is -3.31. The van der Waals surface area contributed by atoms with E-state index in [0.717, 1.165) is 18.4 Å². The normalized spacial score (nSPS) is 29.5. The SMILES string of the molecule is C[C@@H]1C[C@@H]1[C@@H](NS(=O)(=O)C[C@@H]1CCOC1)c1ccc(Cl)cc1. The van der Waals surface area contributed by atoms with Crippen molar-refractivity contribution in [1.82, 2.24) is 4.72 Å². The lowest BCUT2D eigenvalue weighted by Crippen LogP contribution is -2.34. The van der Waals surface area contributed by atoms with E-state index in [1.54, 1.807) is 0 Å². The predicted octanol–water partition coefficient (Wildman–Crippen LogP) is 2.99. The minimum Gasteiger partial charge on any atom is -0.381 e. The van der Waals surface area contributed by atoms with E-state index in [1.807, 2.05) is 24.3 Å². The van der Waals surface area contributed by atoms with Crippen molar-refractivity contribution in [2.75, 3.05) is 19.0 Å². The summed E-state index contributed by atoms with van der Waals surface area (Å²) < 4.78 is 33.2. The lowest BCUT2D eigenvalue weighted by Gasteiger charge is -2.20. The monoisotopic (exact) mass is 343 g/mol. The van der Waals surface area contributed by atoms with E-state index in [9.17, 15) is 8.42 Å². The number of halogens is 1. The fraction of sp³-hybridized carbons (Fsp3) is 0.625. The molecule has 1 saturated carbocycles. The number of sulfonamides is 1. The number of hydrogen-bond donors (Lipinski definition) is 1. The summed E-state index contributed by atoms with van der Waals surface area (Å²) in [4.78, 5) is 0. The smallest absolute Gasteiger partial charge is 0.212 e. The van der Waals surface area contributed by atoms with Crippen LogP contribution in [0.5, 0.6) is 0 Å². The van der Waals surface area contributed by atoms with Crippen LogP contribution in [0.25, 0.3) is 0 Å². The maximum absolute atomic E-state index is 12.5. The Bertz CT molecular complexity index is 611. The maximum Gasteiger partial charge on any atom is 0.212 e. The second kappa shape index (κ2) is 6.48. The molecule has 1 heterocycles. The molecule has 0 amide bonds. The van der Waals surface area contributed by atoms with E-state index < -0.39 is 10.0 Å². The zero-order chi connectivity index (χ0) is 15.7. The fourth-order valence-corrected chi connectivity index (χ4v) is 4.96. The summed E-state index contributed by atoms with van der Waals surface area (Å²) in [6.07, 6.45) is 1.88. The zero-order valence-corrected chi connectivity index (χ0v) is 14.2. The van der Waals surface area contributed by atoms with E-state index in [4.69, 9.17) is 16.3 Å². The van der Waals surface area contributed by atoms with E-state index in [1.165, 1.54) is 0 Å². The molecule has 1 N–H and O–H groups in total. The Morgan fingerprint density at radius 3 is 2.59 bits per heavy atom. The van der Waals surface area contributed by atoms with Crippen molar-refractivity contribution in [2.24, 2.45) is 17.8 Å². The maximum atomic E-state index is 12.5. The fourth-order valence-electron chi connectivity index (χ4n) is 3.15. The van der Waals surface area contributed by atoms with Gasteiger partial charge in [0.05, 0.1) is 12.4 Å². The number of ether oxygens (including phenoxy) is 1. The van der Waals surface area contributed by atoms with Crippen LogP contribution in [0.15, 0.2) is 24.3 Å². The zero-order valence-electron chi connectivity index (χ0n) is 12.7. The van der Waals surface area contributed by atoms with Crippen LogP contribution < -0.4 is 4.72 Å². The highest BCUT2D eigenvalue weighted by atomic mass is 35.5. The third-order valence-electron chi connectivity index (χ3n) is 4.61. The Morgan fingerprint density at radius 2 is 2.05 bits per heavy atom. The molecule has 4 atom stereocenters. The van der Waals surface area contributed by atoms with E-state index >= 15 is 0 Å². The van der Waals surface area contributed by atoms with Gasteiger partial charge in [-0.25, -0.2) is 13.1 Å². The molecule has 4 nitrogen and oxygen atoms in total. The molecule has 6 heteroatoms. The van der Waals surface area contributed by atoms with Gasteiger partial charge in [-0.15, -0.1) is 0 Å². The van der Waals surface area contributed by atoms with Crippen LogP contribution in [-0.4, -0.2) is 27.4 Å². The number of rotatable bonds is 6. The molecule has 1 aliphatic heterocycles. The topological polar surface area (TPSA) is 55.4 Å². The van der Waals surface area contributed by atoms with Crippen molar-refractivity contribution in [3.05, 3.63) is 34.9 Å². The molecule has 0 radical (unpaired) electrons. The van der Waals surface area contributed by atoms with E-state index in [0.29, 0.717) is 30.1 Å². The molecule has 2 aliphatic rings. The summed E-state index contributed by atoms with van der Waals surface area (Å²) in [5.74, 6) is 1.19. The van der Waals surface area contributed by atoms with Gasteiger partial charge in [0.15, 0.2) is 0 Å². The third-order valence-corrected chi connectivity index (χ3v) is 6.39. The van der Waals surface area contributed by atoms with Gasteiger partial charge < -0.3 is 4.74 Å². The van der Waals surface area contributed by atoms with Gasteiger partial charge in [-0.3, -0.25) is 0 Å². The predicted molar refractivity (Wildman–Crippen MR) is 87.3 cm³/mol. The molecule has 1 aromatic carbocycles. The van der Waals surface area contributed by atoms with Crippen LogP contribution in [0, 0.1) is 17.8 Å². The van der Waals surface area contributed by atoms with Gasteiger partial charge in [0.25, 0.3) is 0 Å². The molecule has 0 spiro atoms. The van der Waals surface area contributed by atoms with E-state index in [-0.39, 0.29) is 17.7 Å². The summed E-state index contributed by atoms with van der Waals surface area (Å²) in [6, 6.07) is 7.31. The van der Waals surface area contributed by atoms with Gasteiger partial charge in [-0.05, 0) is 48.3 Å². The molecule has 3 rings (SSSR count).